The lowest BCUT2D eigenvalue weighted by Crippen LogP contribution is -2.23. The molecule has 0 spiro atoms. The fraction of sp³-hybridized carbons (Fsp3) is 0.280. The van der Waals surface area contributed by atoms with E-state index >= 15 is 0 Å². The van der Waals surface area contributed by atoms with E-state index in [1.54, 1.807) is 24.3 Å². The number of furan rings is 1. The molecule has 0 atom stereocenters. The zero-order valence-corrected chi connectivity index (χ0v) is 17.7. The first-order chi connectivity index (χ1) is 15.1. The predicted molar refractivity (Wildman–Crippen MR) is 120 cm³/mol. The highest BCUT2D eigenvalue weighted by atomic mass is 16.3. The van der Waals surface area contributed by atoms with Crippen LogP contribution in [-0.2, 0) is 13.1 Å². The minimum atomic E-state index is -0.348. The molecule has 1 aliphatic heterocycles. The molecule has 6 nitrogen and oxygen atoms in total. The second-order valence-corrected chi connectivity index (χ2v) is 7.94. The van der Waals surface area contributed by atoms with Crippen molar-refractivity contribution in [3.8, 4) is 0 Å². The van der Waals surface area contributed by atoms with Crippen LogP contribution in [0.2, 0.25) is 0 Å². The zero-order chi connectivity index (χ0) is 21.6. The van der Waals surface area contributed by atoms with Gasteiger partial charge in [-0.1, -0.05) is 30.3 Å². The minimum absolute atomic E-state index is 0.186. The molecule has 160 valence electrons. The van der Waals surface area contributed by atoms with Crippen LogP contribution in [0.4, 0.5) is 5.69 Å². The smallest absolute Gasteiger partial charge is 0.291 e. The number of hydrogen-bond donors (Lipinski definition) is 2. The highest BCUT2D eigenvalue weighted by Gasteiger charge is 2.14. The van der Waals surface area contributed by atoms with Crippen molar-refractivity contribution in [2.75, 3.05) is 18.4 Å². The van der Waals surface area contributed by atoms with E-state index in [9.17, 15) is 9.59 Å². The van der Waals surface area contributed by atoms with Gasteiger partial charge >= 0.3 is 0 Å². The van der Waals surface area contributed by atoms with Gasteiger partial charge in [0, 0.05) is 24.3 Å². The molecule has 2 heterocycles. The SMILES string of the molecule is Cc1ccc(C(=O)NCc2ccc(CN3CCCC3)cc2)cc1NC(=O)c1ccco1. The molecule has 0 aliphatic carbocycles. The van der Waals surface area contributed by atoms with Gasteiger partial charge in [-0.2, -0.15) is 0 Å². The van der Waals surface area contributed by atoms with Gasteiger partial charge in [0.2, 0.25) is 0 Å². The third kappa shape index (κ3) is 5.41. The van der Waals surface area contributed by atoms with Crippen molar-refractivity contribution >= 4 is 17.5 Å². The molecular formula is C25H27N3O3. The van der Waals surface area contributed by atoms with Crippen molar-refractivity contribution in [1.29, 1.82) is 0 Å². The summed E-state index contributed by atoms with van der Waals surface area (Å²) in [4.78, 5) is 27.4. The number of carbonyl (C=O) groups is 2. The van der Waals surface area contributed by atoms with E-state index in [1.165, 1.54) is 37.8 Å². The highest BCUT2D eigenvalue weighted by molar-refractivity contribution is 6.03. The number of rotatable bonds is 7. The largest absolute Gasteiger partial charge is 0.459 e. The van der Waals surface area contributed by atoms with E-state index < -0.39 is 0 Å². The second kappa shape index (κ2) is 9.62. The minimum Gasteiger partial charge on any atom is -0.459 e. The lowest BCUT2D eigenvalue weighted by molar-refractivity contribution is 0.0949. The molecule has 2 N–H and O–H groups in total. The molecule has 3 aromatic rings. The van der Waals surface area contributed by atoms with Crippen LogP contribution in [0.3, 0.4) is 0 Å². The maximum absolute atomic E-state index is 12.6. The van der Waals surface area contributed by atoms with Gasteiger partial charge in [-0.3, -0.25) is 14.5 Å². The molecule has 2 amide bonds. The van der Waals surface area contributed by atoms with Gasteiger partial charge in [-0.15, -0.1) is 0 Å². The van der Waals surface area contributed by atoms with Crippen LogP contribution >= 0.6 is 0 Å². The molecule has 0 unspecified atom stereocenters. The fourth-order valence-corrected chi connectivity index (χ4v) is 3.74. The van der Waals surface area contributed by atoms with E-state index in [2.05, 4.69) is 39.8 Å². The number of nitrogens with one attached hydrogen (secondary N) is 2. The fourth-order valence-electron chi connectivity index (χ4n) is 3.74. The van der Waals surface area contributed by atoms with Crippen LogP contribution in [0.1, 0.15) is 50.4 Å². The molecule has 1 aliphatic rings. The summed E-state index contributed by atoms with van der Waals surface area (Å²) >= 11 is 0. The Kier molecular flexibility index (Phi) is 6.48. The van der Waals surface area contributed by atoms with Gasteiger partial charge in [-0.05, 0) is 73.8 Å². The van der Waals surface area contributed by atoms with Gasteiger partial charge in [0.05, 0.1) is 6.26 Å². The van der Waals surface area contributed by atoms with E-state index in [1.807, 2.05) is 13.0 Å². The van der Waals surface area contributed by atoms with Gasteiger partial charge in [0.1, 0.15) is 0 Å². The van der Waals surface area contributed by atoms with Gasteiger partial charge in [0.15, 0.2) is 5.76 Å². The van der Waals surface area contributed by atoms with Crippen LogP contribution in [0.25, 0.3) is 0 Å². The van der Waals surface area contributed by atoms with Gasteiger partial charge in [-0.25, -0.2) is 0 Å². The number of nitrogens with zero attached hydrogens (tertiary/aromatic N) is 1. The molecule has 0 bridgehead atoms. The quantitative estimate of drug-likeness (QED) is 0.599. The molecule has 4 rings (SSSR count). The molecule has 1 aromatic heterocycles. The lowest BCUT2D eigenvalue weighted by Gasteiger charge is -2.15. The Balaban J connectivity index is 1.34. The Morgan fingerprint density at radius 1 is 0.968 bits per heavy atom. The average Bonchev–Trinajstić information content (AvgIpc) is 3.49. The monoisotopic (exact) mass is 417 g/mol. The first-order valence-corrected chi connectivity index (χ1v) is 10.6. The molecule has 0 radical (unpaired) electrons. The molecule has 1 fully saturated rings. The average molecular weight is 418 g/mol. The maximum atomic E-state index is 12.6. The number of likely N-dealkylation sites (tertiary alicyclic amines) is 1. The number of carbonyl (C=O) groups excluding carboxylic acids is 2. The van der Waals surface area contributed by atoms with Crippen LogP contribution in [-0.4, -0.2) is 29.8 Å². The third-order valence-electron chi connectivity index (χ3n) is 5.57. The van der Waals surface area contributed by atoms with E-state index in [-0.39, 0.29) is 17.6 Å². The van der Waals surface area contributed by atoms with Gasteiger partial charge < -0.3 is 15.1 Å². The Labute approximate surface area is 182 Å². The highest BCUT2D eigenvalue weighted by Crippen LogP contribution is 2.19. The Hall–Kier alpha value is -3.38. The summed E-state index contributed by atoms with van der Waals surface area (Å²) in [5.74, 6) is -0.309. The van der Waals surface area contributed by atoms with Crippen LogP contribution < -0.4 is 10.6 Å². The summed E-state index contributed by atoms with van der Waals surface area (Å²) in [6, 6.07) is 16.9. The number of hydrogen-bond acceptors (Lipinski definition) is 4. The number of benzene rings is 2. The van der Waals surface area contributed by atoms with Crippen LogP contribution in [0.15, 0.2) is 65.3 Å². The third-order valence-corrected chi connectivity index (χ3v) is 5.57. The molecule has 6 heteroatoms. The Morgan fingerprint density at radius 2 is 1.71 bits per heavy atom. The number of amides is 2. The lowest BCUT2D eigenvalue weighted by atomic mass is 10.1. The van der Waals surface area contributed by atoms with E-state index in [4.69, 9.17) is 4.42 Å². The number of aryl methyl sites for hydroxylation is 1. The van der Waals surface area contributed by atoms with Crippen molar-refractivity contribution in [2.24, 2.45) is 0 Å². The summed E-state index contributed by atoms with van der Waals surface area (Å²) in [5.41, 5.74) is 4.29. The topological polar surface area (TPSA) is 74.6 Å². The maximum Gasteiger partial charge on any atom is 0.291 e. The number of anilines is 1. The van der Waals surface area contributed by atoms with Crippen LogP contribution in [0.5, 0.6) is 0 Å². The van der Waals surface area contributed by atoms with Crippen LogP contribution in [0, 0.1) is 6.92 Å². The predicted octanol–water partition coefficient (Wildman–Crippen LogP) is 4.37. The standard InChI is InChI=1S/C25H27N3O3/c1-18-6-11-21(15-22(18)27-25(30)23-5-4-14-31-23)24(29)26-16-19-7-9-20(10-8-19)17-28-12-2-3-13-28/h4-11,14-15H,2-3,12-13,16-17H2,1H3,(H,26,29)(H,27,30). The summed E-state index contributed by atoms with van der Waals surface area (Å²) in [6.45, 7) is 5.67. The second-order valence-electron chi connectivity index (χ2n) is 7.94. The van der Waals surface area contributed by atoms with Gasteiger partial charge in [0.25, 0.3) is 11.8 Å². The first-order valence-electron chi connectivity index (χ1n) is 10.6. The molecule has 31 heavy (non-hydrogen) atoms. The van der Waals surface area contributed by atoms with Crippen molar-refractivity contribution in [3.05, 3.63) is 88.9 Å². The zero-order valence-electron chi connectivity index (χ0n) is 17.7. The molecule has 1 saturated heterocycles. The normalized spacial score (nSPS) is 13.8. The summed E-state index contributed by atoms with van der Waals surface area (Å²) in [5, 5.41) is 5.76. The van der Waals surface area contributed by atoms with Crippen molar-refractivity contribution in [3.63, 3.8) is 0 Å². The summed E-state index contributed by atoms with van der Waals surface area (Å²) < 4.78 is 5.12. The Bertz CT molecular complexity index is 1040. The van der Waals surface area contributed by atoms with E-state index in [0.29, 0.717) is 17.8 Å². The van der Waals surface area contributed by atoms with Crippen molar-refractivity contribution < 1.29 is 14.0 Å². The van der Waals surface area contributed by atoms with Crippen molar-refractivity contribution in [2.45, 2.75) is 32.9 Å². The molecule has 0 saturated carbocycles. The first kappa shape index (κ1) is 20.9. The van der Waals surface area contributed by atoms with Crippen molar-refractivity contribution in [1.82, 2.24) is 10.2 Å². The summed E-state index contributed by atoms with van der Waals surface area (Å²) in [7, 11) is 0. The molecular weight excluding hydrogens is 390 g/mol. The Morgan fingerprint density at radius 3 is 2.42 bits per heavy atom. The molecule has 2 aromatic carbocycles. The van der Waals surface area contributed by atoms with E-state index in [0.717, 1.165) is 17.7 Å². The summed E-state index contributed by atoms with van der Waals surface area (Å²) in [6.07, 6.45) is 4.03.